The molecule has 1 amide bonds. The van der Waals surface area contributed by atoms with Crippen LogP contribution in [0.25, 0.3) is 5.69 Å². The lowest BCUT2D eigenvalue weighted by Gasteiger charge is -2.24. The topological polar surface area (TPSA) is 60.5 Å². The van der Waals surface area contributed by atoms with E-state index in [1.54, 1.807) is 21.7 Å². The van der Waals surface area contributed by atoms with Crippen LogP contribution in [-0.4, -0.2) is 27.1 Å². The Labute approximate surface area is 188 Å². The van der Waals surface area contributed by atoms with E-state index in [4.69, 9.17) is 14.3 Å². The van der Waals surface area contributed by atoms with Gasteiger partial charge in [0, 0.05) is 6.54 Å². The predicted molar refractivity (Wildman–Crippen MR) is 123 cm³/mol. The minimum absolute atomic E-state index is 0.152. The van der Waals surface area contributed by atoms with Crippen molar-refractivity contribution in [3.05, 3.63) is 96.1 Å². The van der Waals surface area contributed by atoms with Crippen molar-refractivity contribution in [3.63, 3.8) is 0 Å². The number of hydrogen-bond acceptors (Lipinski definition) is 4. The minimum Gasteiger partial charge on any atom is -0.459 e. The predicted octanol–water partition coefficient (Wildman–Crippen LogP) is 5.86. The molecule has 4 aromatic rings. The Bertz CT molecular complexity index is 1150. The Morgan fingerprint density at radius 1 is 1.03 bits per heavy atom. The third-order valence-electron chi connectivity index (χ3n) is 5.05. The van der Waals surface area contributed by atoms with Gasteiger partial charge in [0.1, 0.15) is 5.75 Å². The maximum atomic E-state index is 13.2. The number of nitrogens with zero attached hydrogens (tertiary/aromatic N) is 3. The first-order valence-electron chi connectivity index (χ1n) is 10.7. The number of amides is 1. The molecule has 0 fully saturated rings. The zero-order valence-corrected chi connectivity index (χ0v) is 18.6. The smallest absolute Gasteiger partial charge is 0.289 e. The average molecular weight is 430 g/mol. The lowest BCUT2D eigenvalue weighted by molar-refractivity contribution is 0.0689. The number of furan rings is 1. The number of rotatable bonds is 8. The molecule has 0 unspecified atom stereocenters. The maximum Gasteiger partial charge on any atom is 0.289 e. The standard InChI is InChI=1S/C26H27N3O3/c1-19(2)17-28(25(30)24-15-10-16-31-24)18-23-20(3)27-29(21-11-6-4-7-12-21)26(23)32-22-13-8-5-9-14-22/h4-16,19H,17-18H2,1-3H3. The van der Waals surface area contributed by atoms with Gasteiger partial charge >= 0.3 is 0 Å². The van der Waals surface area contributed by atoms with Crippen LogP contribution in [0.2, 0.25) is 0 Å². The number of ether oxygens (including phenoxy) is 1. The summed E-state index contributed by atoms with van der Waals surface area (Å²) in [6.07, 6.45) is 1.52. The number of carbonyl (C=O) groups excluding carboxylic acids is 1. The molecular formula is C26H27N3O3. The molecule has 2 aromatic carbocycles. The zero-order chi connectivity index (χ0) is 22.5. The van der Waals surface area contributed by atoms with Crippen molar-refractivity contribution in [3.8, 4) is 17.3 Å². The first kappa shape index (κ1) is 21.4. The fourth-order valence-corrected chi connectivity index (χ4v) is 3.58. The summed E-state index contributed by atoms with van der Waals surface area (Å²) in [5.41, 5.74) is 2.56. The van der Waals surface area contributed by atoms with Crippen LogP contribution in [-0.2, 0) is 6.54 Å². The van der Waals surface area contributed by atoms with Gasteiger partial charge in [-0.15, -0.1) is 0 Å². The minimum atomic E-state index is -0.152. The monoisotopic (exact) mass is 429 g/mol. The molecule has 0 atom stereocenters. The van der Waals surface area contributed by atoms with Crippen molar-refractivity contribution in [2.24, 2.45) is 5.92 Å². The molecule has 0 radical (unpaired) electrons. The highest BCUT2D eigenvalue weighted by molar-refractivity contribution is 5.91. The molecule has 6 nitrogen and oxygen atoms in total. The van der Waals surface area contributed by atoms with Crippen molar-refractivity contribution in [2.75, 3.05) is 6.54 Å². The van der Waals surface area contributed by atoms with E-state index in [1.165, 1.54) is 6.26 Å². The van der Waals surface area contributed by atoms with E-state index in [-0.39, 0.29) is 11.8 Å². The SMILES string of the molecule is Cc1nn(-c2ccccc2)c(Oc2ccccc2)c1CN(CC(C)C)C(=O)c1ccco1. The number of para-hydroxylation sites is 2. The van der Waals surface area contributed by atoms with Crippen molar-refractivity contribution in [1.29, 1.82) is 0 Å². The second kappa shape index (κ2) is 9.56. The van der Waals surface area contributed by atoms with Gasteiger partial charge in [0.25, 0.3) is 5.91 Å². The van der Waals surface area contributed by atoms with Crippen molar-refractivity contribution in [2.45, 2.75) is 27.3 Å². The van der Waals surface area contributed by atoms with Crippen LogP contribution in [0.15, 0.2) is 83.5 Å². The van der Waals surface area contributed by atoms with Gasteiger partial charge in [-0.3, -0.25) is 4.79 Å². The molecule has 2 aromatic heterocycles. The summed E-state index contributed by atoms with van der Waals surface area (Å²) in [6, 6.07) is 22.9. The summed E-state index contributed by atoms with van der Waals surface area (Å²) in [7, 11) is 0. The van der Waals surface area contributed by atoms with Crippen molar-refractivity contribution >= 4 is 5.91 Å². The largest absolute Gasteiger partial charge is 0.459 e. The van der Waals surface area contributed by atoms with Crippen LogP contribution in [0.1, 0.15) is 35.7 Å². The molecule has 0 aliphatic carbocycles. The van der Waals surface area contributed by atoms with Gasteiger partial charge in [-0.25, -0.2) is 4.68 Å². The van der Waals surface area contributed by atoms with Crippen LogP contribution in [0.3, 0.4) is 0 Å². The molecule has 0 aliphatic heterocycles. The van der Waals surface area contributed by atoms with Gasteiger partial charge in [0.2, 0.25) is 5.88 Å². The molecule has 164 valence electrons. The summed E-state index contributed by atoms with van der Waals surface area (Å²) >= 11 is 0. The fraction of sp³-hybridized carbons (Fsp3) is 0.231. The summed E-state index contributed by atoms with van der Waals surface area (Å²) in [5.74, 6) is 1.77. The molecule has 0 saturated heterocycles. The van der Waals surface area contributed by atoms with Crippen LogP contribution in [0.5, 0.6) is 11.6 Å². The summed E-state index contributed by atoms with van der Waals surface area (Å²) in [5, 5.41) is 4.76. The van der Waals surface area contributed by atoms with Crippen LogP contribution in [0.4, 0.5) is 0 Å². The van der Waals surface area contributed by atoms with Gasteiger partial charge in [0.05, 0.1) is 29.8 Å². The second-order valence-electron chi connectivity index (χ2n) is 8.09. The first-order valence-corrected chi connectivity index (χ1v) is 10.7. The Hall–Kier alpha value is -3.80. The Morgan fingerprint density at radius 3 is 2.34 bits per heavy atom. The number of benzene rings is 2. The molecule has 0 spiro atoms. The van der Waals surface area contributed by atoms with Gasteiger partial charge in [-0.2, -0.15) is 5.10 Å². The molecule has 2 heterocycles. The van der Waals surface area contributed by atoms with Crippen LogP contribution in [0, 0.1) is 12.8 Å². The quantitative estimate of drug-likeness (QED) is 0.352. The van der Waals surface area contributed by atoms with E-state index in [9.17, 15) is 4.79 Å². The number of hydrogen-bond donors (Lipinski definition) is 0. The maximum absolute atomic E-state index is 13.2. The Kier molecular flexibility index (Phi) is 6.40. The van der Waals surface area contributed by atoms with Crippen LogP contribution >= 0.6 is 0 Å². The number of carbonyl (C=O) groups is 1. The summed E-state index contributed by atoms with van der Waals surface area (Å²) < 4.78 is 13.5. The second-order valence-corrected chi connectivity index (χ2v) is 8.09. The highest BCUT2D eigenvalue weighted by Crippen LogP contribution is 2.32. The Morgan fingerprint density at radius 2 is 1.72 bits per heavy atom. The van der Waals surface area contributed by atoms with E-state index in [0.717, 1.165) is 16.9 Å². The van der Waals surface area contributed by atoms with E-state index >= 15 is 0 Å². The summed E-state index contributed by atoms with van der Waals surface area (Å²) in [6.45, 7) is 7.06. The van der Waals surface area contributed by atoms with Crippen LogP contribution < -0.4 is 4.74 Å². The lowest BCUT2D eigenvalue weighted by atomic mass is 10.1. The number of aryl methyl sites for hydroxylation is 1. The fourth-order valence-electron chi connectivity index (χ4n) is 3.58. The molecule has 0 aliphatic rings. The van der Waals surface area contributed by atoms with Gasteiger partial charge < -0.3 is 14.1 Å². The zero-order valence-electron chi connectivity index (χ0n) is 18.6. The molecule has 0 N–H and O–H groups in total. The van der Waals surface area contributed by atoms with Gasteiger partial charge in [-0.05, 0) is 49.2 Å². The third kappa shape index (κ3) is 4.75. The third-order valence-corrected chi connectivity index (χ3v) is 5.05. The Balaban J connectivity index is 1.76. The van der Waals surface area contributed by atoms with E-state index in [1.807, 2.05) is 67.6 Å². The van der Waals surface area contributed by atoms with E-state index in [0.29, 0.717) is 30.5 Å². The molecule has 0 saturated carbocycles. The van der Waals surface area contributed by atoms with Crippen molar-refractivity contribution in [1.82, 2.24) is 14.7 Å². The highest BCUT2D eigenvalue weighted by atomic mass is 16.5. The molecular weight excluding hydrogens is 402 g/mol. The highest BCUT2D eigenvalue weighted by Gasteiger charge is 2.26. The average Bonchev–Trinajstić information content (AvgIpc) is 3.44. The lowest BCUT2D eigenvalue weighted by Crippen LogP contribution is -2.33. The van der Waals surface area contributed by atoms with Gasteiger partial charge in [0.15, 0.2) is 5.76 Å². The van der Waals surface area contributed by atoms with Crippen molar-refractivity contribution < 1.29 is 13.9 Å². The molecule has 32 heavy (non-hydrogen) atoms. The number of aromatic nitrogens is 2. The summed E-state index contributed by atoms with van der Waals surface area (Å²) in [4.78, 5) is 15.0. The first-order chi connectivity index (χ1) is 15.5. The normalized spacial score (nSPS) is 11.0. The van der Waals surface area contributed by atoms with E-state index < -0.39 is 0 Å². The van der Waals surface area contributed by atoms with E-state index in [2.05, 4.69) is 13.8 Å². The molecule has 6 heteroatoms. The molecule has 4 rings (SSSR count). The molecule has 0 bridgehead atoms. The van der Waals surface area contributed by atoms with Gasteiger partial charge in [-0.1, -0.05) is 50.2 Å².